The smallest absolute Gasteiger partial charge is 0.408 e. The van der Waals surface area contributed by atoms with Gasteiger partial charge in [-0.3, -0.25) is 4.90 Å². The van der Waals surface area contributed by atoms with Crippen molar-refractivity contribution >= 4 is 20.4 Å². The average Bonchev–Trinajstić information content (AvgIpc) is 2.67. The Labute approximate surface area is 132 Å². The lowest BCUT2D eigenvalue weighted by atomic mass is 9.65. The van der Waals surface area contributed by atoms with Crippen LogP contribution in [-0.4, -0.2) is 54.2 Å². The molecule has 1 saturated heterocycles. The van der Waals surface area contributed by atoms with Gasteiger partial charge in [-0.1, -0.05) is 20.8 Å². The van der Waals surface area contributed by atoms with E-state index < -0.39 is 26.4 Å². The first-order chi connectivity index (χ1) is 9.87. The van der Waals surface area contributed by atoms with Crippen molar-refractivity contribution < 1.29 is 24.2 Å². The molecule has 2 N–H and O–H groups in total. The van der Waals surface area contributed by atoms with Gasteiger partial charge in [-0.15, -0.1) is 0 Å². The van der Waals surface area contributed by atoms with Gasteiger partial charge in [0.1, 0.15) is 6.04 Å². The Hall–Kier alpha value is -1.08. The molecule has 126 valence electrons. The molecule has 0 aromatic rings. The summed E-state index contributed by atoms with van der Waals surface area (Å²) in [5, 5.41) is 18.5. The van der Waals surface area contributed by atoms with Crippen LogP contribution in [0, 0.1) is 5.41 Å². The van der Waals surface area contributed by atoms with Gasteiger partial charge < -0.3 is 14.6 Å². The first kappa shape index (κ1) is 17.3. The van der Waals surface area contributed by atoms with E-state index in [4.69, 9.17) is 4.43 Å². The highest BCUT2D eigenvalue weighted by Crippen LogP contribution is 2.53. The second-order valence-corrected chi connectivity index (χ2v) is 13.1. The lowest BCUT2D eigenvalue weighted by Crippen LogP contribution is -2.52. The van der Waals surface area contributed by atoms with E-state index >= 15 is 0 Å². The highest BCUT2D eigenvalue weighted by atomic mass is 28.4. The Kier molecular flexibility index (Phi) is 4.11. The zero-order valence-electron chi connectivity index (χ0n) is 14.0. The molecule has 1 unspecified atom stereocenters. The van der Waals surface area contributed by atoms with Crippen LogP contribution in [-0.2, 0) is 9.22 Å². The van der Waals surface area contributed by atoms with Gasteiger partial charge in [0.25, 0.3) is 0 Å². The van der Waals surface area contributed by atoms with Crippen LogP contribution in [0.1, 0.15) is 40.0 Å². The van der Waals surface area contributed by atoms with Crippen molar-refractivity contribution in [2.45, 2.75) is 70.3 Å². The fraction of sp³-hybridized carbons (Fsp3) is 0.867. The van der Waals surface area contributed by atoms with Crippen LogP contribution >= 0.6 is 0 Å². The first-order valence-electron chi connectivity index (χ1n) is 7.77. The lowest BCUT2D eigenvalue weighted by Gasteiger charge is -2.49. The molecule has 0 bridgehead atoms. The van der Waals surface area contributed by atoms with Crippen LogP contribution in [0.4, 0.5) is 4.79 Å². The van der Waals surface area contributed by atoms with Gasteiger partial charge in [0.2, 0.25) is 0 Å². The predicted octanol–water partition coefficient (Wildman–Crippen LogP) is 2.99. The molecule has 1 aliphatic carbocycles. The summed E-state index contributed by atoms with van der Waals surface area (Å²) in [6, 6.07) is -0.911. The van der Waals surface area contributed by atoms with E-state index in [9.17, 15) is 19.8 Å². The quantitative estimate of drug-likeness (QED) is 0.777. The van der Waals surface area contributed by atoms with Crippen LogP contribution in [0.2, 0.25) is 18.1 Å². The van der Waals surface area contributed by atoms with Gasteiger partial charge in [0.15, 0.2) is 8.32 Å². The Morgan fingerprint density at radius 3 is 2.09 bits per heavy atom. The molecule has 0 radical (unpaired) electrons. The summed E-state index contributed by atoms with van der Waals surface area (Å²) in [6.07, 6.45) is 0.952. The maximum absolute atomic E-state index is 11.3. The molecule has 0 aromatic carbocycles. The second-order valence-electron chi connectivity index (χ2n) is 8.38. The van der Waals surface area contributed by atoms with E-state index in [-0.39, 0.29) is 16.6 Å². The van der Waals surface area contributed by atoms with Gasteiger partial charge in [-0.2, -0.15) is 0 Å². The number of nitrogens with zero attached hydrogens (tertiary/aromatic N) is 1. The van der Waals surface area contributed by atoms with Gasteiger partial charge in [0, 0.05) is 12.6 Å². The molecule has 1 amide bonds. The standard InChI is InChI=1S/C15H27NO5Si/c1-14(2,3)22(4,5)21-10-6-15(7-10)8-11(12(17)18)16(9-15)13(19)20/h10-11H,6-9H2,1-5H3,(H,17,18)(H,19,20). The first-order valence-corrected chi connectivity index (χ1v) is 10.7. The molecule has 1 heterocycles. The van der Waals surface area contributed by atoms with Crippen LogP contribution in [0.3, 0.4) is 0 Å². The molecule has 22 heavy (non-hydrogen) atoms. The van der Waals surface area contributed by atoms with E-state index in [2.05, 4.69) is 33.9 Å². The van der Waals surface area contributed by atoms with Crippen LogP contribution in [0.5, 0.6) is 0 Å². The number of hydrogen-bond donors (Lipinski definition) is 2. The number of carboxylic acids is 1. The summed E-state index contributed by atoms with van der Waals surface area (Å²) in [7, 11) is -1.83. The Morgan fingerprint density at radius 1 is 1.18 bits per heavy atom. The van der Waals surface area contributed by atoms with E-state index in [0.29, 0.717) is 13.0 Å². The van der Waals surface area contributed by atoms with Crippen molar-refractivity contribution in [3.8, 4) is 0 Å². The van der Waals surface area contributed by atoms with Crippen molar-refractivity contribution in [1.29, 1.82) is 0 Å². The van der Waals surface area contributed by atoms with E-state index in [1.165, 1.54) is 0 Å². The summed E-state index contributed by atoms with van der Waals surface area (Å²) in [6.45, 7) is 11.3. The zero-order valence-corrected chi connectivity index (χ0v) is 15.0. The number of rotatable bonds is 3. The number of carbonyl (C=O) groups is 2. The third kappa shape index (κ3) is 3.01. The number of hydrogen-bond acceptors (Lipinski definition) is 3. The molecule has 2 fully saturated rings. The Balaban J connectivity index is 1.99. The third-order valence-corrected chi connectivity index (χ3v) is 10.2. The lowest BCUT2D eigenvalue weighted by molar-refractivity contribution is -0.141. The molecular formula is C15H27NO5Si. The fourth-order valence-corrected chi connectivity index (χ4v) is 4.71. The fourth-order valence-electron chi connectivity index (χ4n) is 3.36. The van der Waals surface area contributed by atoms with E-state index in [1.54, 1.807) is 0 Å². The van der Waals surface area contributed by atoms with E-state index in [1.807, 2.05) is 0 Å². The number of carboxylic acid groups (broad SMARTS) is 2. The van der Waals surface area contributed by atoms with Gasteiger partial charge >= 0.3 is 12.1 Å². The molecule has 7 heteroatoms. The largest absolute Gasteiger partial charge is 0.480 e. The van der Waals surface area contributed by atoms with Crippen LogP contribution in [0.15, 0.2) is 0 Å². The minimum absolute atomic E-state index is 0.141. The summed E-state index contributed by atoms with van der Waals surface area (Å²) in [4.78, 5) is 23.6. The predicted molar refractivity (Wildman–Crippen MR) is 84.5 cm³/mol. The number of aliphatic carboxylic acids is 1. The summed E-state index contributed by atoms with van der Waals surface area (Å²) in [5.74, 6) is -1.05. The molecule has 6 nitrogen and oxygen atoms in total. The number of likely N-dealkylation sites (tertiary alicyclic amines) is 1. The maximum atomic E-state index is 11.3. The van der Waals surface area contributed by atoms with Crippen molar-refractivity contribution in [3.05, 3.63) is 0 Å². The molecular weight excluding hydrogens is 302 g/mol. The SMILES string of the molecule is CC(C)(C)[Si](C)(C)OC1CC2(C1)CC(C(=O)O)N(C(=O)O)C2. The Morgan fingerprint density at radius 2 is 1.73 bits per heavy atom. The summed E-state index contributed by atoms with van der Waals surface area (Å²) in [5.41, 5.74) is -0.200. The molecule has 1 aliphatic heterocycles. The molecule has 1 atom stereocenters. The monoisotopic (exact) mass is 329 g/mol. The Bertz CT molecular complexity index is 455. The average molecular weight is 329 g/mol. The topological polar surface area (TPSA) is 87.1 Å². The maximum Gasteiger partial charge on any atom is 0.408 e. The van der Waals surface area contributed by atoms with Crippen molar-refractivity contribution in [3.63, 3.8) is 0 Å². The third-order valence-electron chi connectivity index (χ3n) is 5.63. The van der Waals surface area contributed by atoms with Crippen molar-refractivity contribution in [2.24, 2.45) is 5.41 Å². The summed E-state index contributed by atoms with van der Waals surface area (Å²) >= 11 is 0. The minimum atomic E-state index is -1.83. The molecule has 0 aromatic heterocycles. The number of amides is 1. The molecule has 1 saturated carbocycles. The van der Waals surface area contributed by atoms with Gasteiger partial charge in [-0.05, 0) is 42.8 Å². The van der Waals surface area contributed by atoms with Crippen molar-refractivity contribution in [1.82, 2.24) is 4.90 Å². The van der Waals surface area contributed by atoms with E-state index in [0.717, 1.165) is 17.7 Å². The van der Waals surface area contributed by atoms with Crippen LogP contribution < -0.4 is 0 Å². The van der Waals surface area contributed by atoms with Crippen molar-refractivity contribution in [2.75, 3.05) is 6.54 Å². The highest BCUT2D eigenvalue weighted by Gasteiger charge is 2.57. The molecule has 2 aliphatic rings. The minimum Gasteiger partial charge on any atom is -0.480 e. The second kappa shape index (κ2) is 5.23. The normalized spacial score (nSPS) is 32.1. The van der Waals surface area contributed by atoms with Crippen LogP contribution in [0.25, 0.3) is 0 Å². The highest BCUT2D eigenvalue weighted by molar-refractivity contribution is 6.74. The zero-order chi connectivity index (χ0) is 16.9. The molecule has 1 spiro atoms. The molecule has 2 rings (SSSR count). The van der Waals surface area contributed by atoms with Gasteiger partial charge in [0.05, 0.1) is 0 Å². The van der Waals surface area contributed by atoms with Gasteiger partial charge in [-0.25, -0.2) is 9.59 Å². The summed E-state index contributed by atoms with van der Waals surface area (Å²) < 4.78 is 6.34.